The Hall–Kier alpha value is -0.510. The summed E-state index contributed by atoms with van der Waals surface area (Å²) in [4.78, 5) is 1.48. The molecular formula is C16H25NOS. The third-order valence-corrected chi connectivity index (χ3v) is 4.97. The van der Waals surface area contributed by atoms with Crippen molar-refractivity contribution in [3.05, 3.63) is 29.8 Å². The average molecular weight is 279 g/mol. The smallest absolute Gasteiger partial charge is 0.0615 e. The van der Waals surface area contributed by atoms with Gasteiger partial charge in [0.1, 0.15) is 0 Å². The summed E-state index contributed by atoms with van der Waals surface area (Å²) in [5, 5.41) is 3.59. The number of nitrogens with one attached hydrogen (secondary N) is 1. The monoisotopic (exact) mass is 279 g/mol. The molecule has 1 aromatic rings. The van der Waals surface area contributed by atoms with E-state index in [0.717, 1.165) is 19.1 Å². The zero-order valence-corrected chi connectivity index (χ0v) is 12.8. The van der Waals surface area contributed by atoms with Crippen LogP contribution in [0.1, 0.15) is 37.7 Å². The quantitative estimate of drug-likeness (QED) is 0.784. The van der Waals surface area contributed by atoms with Crippen molar-refractivity contribution in [1.82, 2.24) is 5.32 Å². The van der Waals surface area contributed by atoms with Crippen LogP contribution in [0.3, 0.4) is 0 Å². The normalized spacial score (nSPS) is 19.4. The molecule has 3 heteroatoms. The van der Waals surface area contributed by atoms with E-state index in [2.05, 4.69) is 36.5 Å². The van der Waals surface area contributed by atoms with Gasteiger partial charge in [0.25, 0.3) is 0 Å². The van der Waals surface area contributed by atoms with Crippen LogP contribution in [0.25, 0.3) is 0 Å². The number of hydrogen-bond acceptors (Lipinski definition) is 3. The molecular weight excluding hydrogens is 254 g/mol. The predicted octanol–water partition coefficient (Wildman–Crippen LogP) is 3.67. The summed E-state index contributed by atoms with van der Waals surface area (Å²) in [6, 6.07) is 9.36. The highest BCUT2D eigenvalue weighted by molar-refractivity contribution is 7.99. The van der Waals surface area contributed by atoms with E-state index < -0.39 is 0 Å². The van der Waals surface area contributed by atoms with E-state index in [1.54, 1.807) is 12.7 Å². The number of fused-ring (bicyclic) bond motifs is 1. The third-order valence-electron chi connectivity index (χ3n) is 3.71. The fourth-order valence-corrected chi connectivity index (χ4v) is 3.97. The lowest BCUT2D eigenvalue weighted by atomic mass is 9.94. The predicted molar refractivity (Wildman–Crippen MR) is 83.1 cm³/mol. The van der Waals surface area contributed by atoms with Gasteiger partial charge in [-0.1, -0.05) is 25.1 Å². The Balaban J connectivity index is 1.84. The summed E-state index contributed by atoms with van der Waals surface area (Å²) in [5.74, 6) is 1.97. The number of hydrogen-bond donors (Lipinski definition) is 1. The second-order valence-electron chi connectivity index (χ2n) is 5.23. The van der Waals surface area contributed by atoms with Gasteiger partial charge < -0.3 is 10.1 Å². The van der Waals surface area contributed by atoms with Crippen molar-refractivity contribution in [2.24, 2.45) is 0 Å². The van der Waals surface area contributed by atoms with Crippen LogP contribution in [0, 0.1) is 0 Å². The minimum absolute atomic E-state index is 0.503. The van der Waals surface area contributed by atoms with Crippen LogP contribution < -0.4 is 5.32 Å². The molecule has 2 atom stereocenters. The van der Waals surface area contributed by atoms with Crippen molar-refractivity contribution < 1.29 is 4.74 Å². The number of ether oxygens (including phenoxy) is 1. The van der Waals surface area contributed by atoms with Gasteiger partial charge in [0.2, 0.25) is 0 Å². The number of methoxy groups -OCH3 is 1. The zero-order valence-electron chi connectivity index (χ0n) is 12.0. The van der Waals surface area contributed by atoms with Crippen molar-refractivity contribution in [1.29, 1.82) is 0 Å². The molecule has 0 aromatic heterocycles. The van der Waals surface area contributed by atoms with Gasteiger partial charge >= 0.3 is 0 Å². The minimum atomic E-state index is 0.503. The van der Waals surface area contributed by atoms with Gasteiger partial charge in [-0.2, -0.15) is 0 Å². The standard InChI is InChI=1S/C16H25NOS/c1-3-10-17-14(11-18-2)9-8-13-12-19-16-7-5-4-6-15(13)16/h4-7,13-14,17H,3,8-12H2,1-2H3. The molecule has 1 aliphatic heterocycles. The summed E-state index contributed by atoms with van der Waals surface area (Å²) in [5.41, 5.74) is 1.55. The molecule has 0 bridgehead atoms. The summed E-state index contributed by atoms with van der Waals surface area (Å²) in [7, 11) is 1.79. The van der Waals surface area contributed by atoms with Crippen LogP contribution in [-0.4, -0.2) is 32.1 Å². The Morgan fingerprint density at radius 1 is 1.42 bits per heavy atom. The van der Waals surface area contributed by atoms with Crippen molar-refractivity contribution in [3.8, 4) is 0 Å². The first-order chi connectivity index (χ1) is 9.35. The Bertz CT molecular complexity index is 383. The first-order valence-corrected chi connectivity index (χ1v) is 8.27. The first kappa shape index (κ1) is 14.9. The molecule has 0 aliphatic carbocycles. The maximum atomic E-state index is 5.32. The summed E-state index contributed by atoms with van der Waals surface area (Å²) in [6.45, 7) is 4.12. The van der Waals surface area contributed by atoms with E-state index in [1.165, 1.54) is 29.9 Å². The molecule has 2 rings (SSSR count). The second kappa shape index (κ2) is 7.93. The fourth-order valence-electron chi connectivity index (χ4n) is 2.66. The maximum absolute atomic E-state index is 5.32. The molecule has 1 aliphatic rings. The highest BCUT2D eigenvalue weighted by Gasteiger charge is 2.23. The van der Waals surface area contributed by atoms with Crippen molar-refractivity contribution in [3.63, 3.8) is 0 Å². The van der Waals surface area contributed by atoms with Crippen molar-refractivity contribution >= 4 is 11.8 Å². The SMILES string of the molecule is CCCNC(CCC1CSc2ccccc21)COC. The highest BCUT2D eigenvalue weighted by Crippen LogP contribution is 2.41. The van der Waals surface area contributed by atoms with Crippen LogP contribution in [0.2, 0.25) is 0 Å². The Labute approximate surface area is 121 Å². The van der Waals surface area contributed by atoms with Gasteiger partial charge in [-0.15, -0.1) is 11.8 Å². The van der Waals surface area contributed by atoms with E-state index in [1.807, 2.05) is 11.8 Å². The molecule has 0 spiro atoms. The average Bonchev–Trinajstić information content (AvgIpc) is 2.85. The fraction of sp³-hybridized carbons (Fsp3) is 0.625. The molecule has 1 N–H and O–H groups in total. The number of rotatable bonds is 8. The first-order valence-electron chi connectivity index (χ1n) is 7.29. The van der Waals surface area contributed by atoms with E-state index >= 15 is 0 Å². The van der Waals surface area contributed by atoms with E-state index in [9.17, 15) is 0 Å². The van der Waals surface area contributed by atoms with E-state index in [4.69, 9.17) is 4.74 Å². The second-order valence-corrected chi connectivity index (χ2v) is 6.29. The van der Waals surface area contributed by atoms with Crippen molar-refractivity contribution in [2.45, 2.75) is 43.0 Å². The van der Waals surface area contributed by atoms with Crippen LogP contribution in [0.15, 0.2) is 29.2 Å². The van der Waals surface area contributed by atoms with Gasteiger partial charge in [0.15, 0.2) is 0 Å². The topological polar surface area (TPSA) is 21.3 Å². The largest absolute Gasteiger partial charge is 0.383 e. The summed E-state index contributed by atoms with van der Waals surface area (Å²) < 4.78 is 5.32. The number of thioether (sulfide) groups is 1. The molecule has 0 saturated carbocycles. The molecule has 0 radical (unpaired) electrons. The van der Waals surface area contributed by atoms with E-state index in [-0.39, 0.29) is 0 Å². The molecule has 2 unspecified atom stereocenters. The van der Waals surface area contributed by atoms with Crippen LogP contribution in [0.4, 0.5) is 0 Å². The molecule has 1 heterocycles. The summed E-state index contributed by atoms with van der Waals surface area (Å²) in [6.07, 6.45) is 3.64. The third kappa shape index (κ3) is 4.23. The lowest BCUT2D eigenvalue weighted by Gasteiger charge is -2.19. The van der Waals surface area contributed by atoms with Gasteiger partial charge in [-0.05, 0) is 43.4 Å². The van der Waals surface area contributed by atoms with Gasteiger partial charge in [-0.25, -0.2) is 0 Å². The molecule has 0 amide bonds. The molecule has 2 nitrogen and oxygen atoms in total. The molecule has 19 heavy (non-hydrogen) atoms. The van der Waals surface area contributed by atoms with Gasteiger partial charge in [-0.3, -0.25) is 0 Å². The Morgan fingerprint density at radius 2 is 2.26 bits per heavy atom. The Morgan fingerprint density at radius 3 is 3.05 bits per heavy atom. The maximum Gasteiger partial charge on any atom is 0.0615 e. The lowest BCUT2D eigenvalue weighted by molar-refractivity contribution is 0.161. The minimum Gasteiger partial charge on any atom is -0.383 e. The number of benzene rings is 1. The molecule has 106 valence electrons. The molecule has 1 aromatic carbocycles. The lowest BCUT2D eigenvalue weighted by Crippen LogP contribution is -2.34. The van der Waals surface area contributed by atoms with Gasteiger partial charge in [0, 0.05) is 23.8 Å². The van der Waals surface area contributed by atoms with Crippen molar-refractivity contribution in [2.75, 3.05) is 26.0 Å². The molecule has 0 fully saturated rings. The van der Waals surface area contributed by atoms with Crippen LogP contribution in [0.5, 0.6) is 0 Å². The Kier molecular flexibility index (Phi) is 6.21. The van der Waals surface area contributed by atoms with Gasteiger partial charge in [0.05, 0.1) is 6.61 Å². The van der Waals surface area contributed by atoms with Crippen LogP contribution in [-0.2, 0) is 4.74 Å². The highest BCUT2D eigenvalue weighted by atomic mass is 32.2. The van der Waals surface area contributed by atoms with E-state index in [0.29, 0.717) is 6.04 Å². The van der Waals surface area contributed by atoms with Crippen LogP contribution >= 0.6 is 11.8 Å². The summed E-state index contributed by atoms with van der Waals surface area (Å²) >= 11 is 2.01. The zero-order chi connectivity index (χ0) is 13.5. The molecule has 0 saturated heterocycles.